The van der Waals surface area contributed by atoms with Gasteiger partial charge in [0.15, 0.2) is 0 Å². The van der Waals surface area contributed by atoms with Crippen LogP contribution in [0.15, 0.2) is 47.5 Å². The van der Waals surface area contributed by atoms with Gasteiger partial charge in [0.1, 0.15) is 0 Å². The van der Waals surface area contributed by atoms with Gasteiger partial charge < -0.3 is 5.11 Å². The monoisotopic (exact) mass is 292 g/mol. The predicted molar refractivity (Wildman–Crippen MR) is 77.0 cm³/mol. The van der Waals surface area contributed by atoms with Gasteiger partial charge in [-0.25, -0.2) is 8.42 Å². The van der Waals surface area contributed by atoms with Crippen molar-refractivity contribution in [2.45, 2.75) is 18.2 Å². The third kappa shape index (κ3) is 3.55. The summed E-state index contributed by atoms with van der Waals surface area (Å²) in [5, 5.41) is 8.83. The molecular weight excluding hydrogens is 276 g/mol. The first-order valence-electron chi connectivity index (χ1n) is 6.16. The fraction of sp³-hybridized carbons (Fsp3) is 0.214. The first-order chi connectivity index (χ1) is 9.51. The topological polar surface area (TPSA) is 79.3 Å². The second kappa shape index (κ2) is 6.02. The smallest absolute Gasteiger partial charge is 0.261 e. The second-order valence-electron chi connectivity index (χ2n) is 4.41. The molecule has 5 nitrogen and oxygen atoms in total. The Morgan fingerprint density at radius 1 is 1.20 bits per heavy atom. The molecule has 0 atom stereocenters. The van der Waals surface area contributed by atoms with Crippen molar-refractivity contribution in [3.05, 3.63) is 53.9 Å². The molecule has 2 rings (SSSR count). The molecule has 1 aromatic carbocycles. The number of hydrogen-bond donors (Lipinski definition) is 2. The number of rotatable bonds is 5. The van der Waals surface area contributed by atoms with E-state index in [1.165, 1.54) is 12.1 Å². The molecule has 20 heavy (non-hydrogen) atoms. The van der Waals surface area contributed by atoms with E-state index in [2.05, 4.69) is 9.71 Å². The third-order valence-electron chi connectivity index (χ3n) is 2.78. The number of aromatic nitrogens is 1. The highest BCUT2D eigenvalue weighted by atomic mass is 32.2. The molecule has 0 saturated carbocycles. The minimum absolute atomic E-state index is 0.0423. The van der Waals surface area contributed by atoms with Crippen molar-refractivity contribution in [3.63, 3.8) is 0 Å². The summed E-state index contributed by atoms with van der Waals surface area (Å²) >= 11 is 0. The minimum Gasteiger partial charge on any atom is -0.396 e. The quantitative estimate of drug-likeness (QED) is 0.879. The molecule has 2 aromatic rings. The lowest BCUT2D eigenvalue weighted by atomic mass is 10.2. The molecule has 1 aromatic heterocycles. The zero-order valence-corrected chi connectivity index (χ0v) is 11.9. The predicted octanol–water partition coefficient (Wildman–Crippen LogP) is 1.73. The Bertz CT molecular complexity index is 682. The number of nitrogens with one attached hydrogen (secondary N) is 1. The summed E-state index contributed by atoms with van der Waals surface area (Å²) in [6.45, 7) is 1.84. The van der Waals surface area contributed by atoms with Crippen LogP contribution in [-0.4, -0.2) is 25.1 Å². The molecule has 6 heteroatoms. The lowest BCUT2D eigenvalue weighted by molar-refractivity contribution is 0.299. The lowest BCUT2D eigenvalue weighted by Crippen LogP contribution is -2.13. The summed E-state index contributed by atoms with van der Waals surface area (Å²) in [5.74, 6) is 0. The first-order valence-corrected chi connectivity index (χ1v) is 7.65. The zero-order chi connectivity index (χ0) is 14.6. The van der Waals surface area contributed by atoms with E-state index < -0.39 is 10.0 Å². The number of sulfonamides is 1. The van der Waals surface area contributed by atoms with Gasteiger partial charge in [-0.1, -0.05) is 12.1 Å². The van der Waals surface area contributed by atoms with Crippen molar-refractivity contribution < 1.29 is 13.5 Å². The van der Waals surface area contributed by atoms with Crippen LogP contribution in [0, 0.1) is 6.92 Å². The van der Waals surface area contributed by atoms with Gasteiger partial charge in [0.05, 0.1) is 10.6 Å². The van der Waals surface area contributed by atoms with Gasteiger partial charge in [-0.05, 0) is 43.2 Å². The highest BCUT2D eigenvalue weighted by molar-refractivity contribution is 7.92. The molecule has 0 aliphatic rings. The second-order valence-corrected chi connectivity index (χ2v) is 6.09. The van der Waals surface area contributed by atoms with Crippen LogP contribution in [0.1, 0.15) is 11.3 Å². The van der Waals surface area contributed by atoms with E-state index >= 15 is 0 Å². The highest BCUT2D eigenvalue weighted by Gasteiger charge is 2.14. The zero-order valence-electron chi connectivity index (χ0n) is 11.1. The number of aryl methyl sites for hydroxylation is 1. The molecule has 0 spiro atoms. The Kier molecular flexibility index (Phi) is 4.36. The van der Waals surface area contributed by atoms with Crippen LogP contribution in [0.25, 0.3) is 0 Å². The molecule has 0 amide bonds. The summed E-state index contributed by atoms with van der Waals surface area (Å²) in [5.41, 5.74) is 2.12. The van der Waals surface area contributed by atoms with Gasteiger partial charge in [-0.3, -0.25) is 9.71 Å². The van der Waals surface area contributed by atoms with Crippen molar-refractivity contribution in [3.8, 4) is 0 Å². The van der Waals surface area contributed by atoms with E-state index in [-0.39, 0.29) is 11.5 Å². The van der Waals surface area contributed by atoms with Crippen molar-refractivity contribution >= 4 is 15.7 Å². The average Bonchev–Trinajstić information content (AvgIpc) is 2.39. The highest BCUT2D eigenvalue weighted by Crippen LogP contribution is 2.16. The molecule has 0 saturated heterocycles. The maximum absolute atomic E-state index is 12.2. The molecule has 2 N–H and O–H groups in total. The standard InChI is InChI=1S/C14H16N2O3S/c1-11-10-13(6-8-15-11)16-20(18,19)14-4-2-12(3-5-14)7-9-17/h2-6,8,10,17H,7,9H2,1H3,(H,15,16). The molecule has 0 radical (unpaired) electrons. The number of aliphatic hydroxyl groups is 1. The summed E-state index contributed by atoms with van der Waals surface area (Å²) in [7, 11) is -3.60. The third-order valence-corrected chi connectivity index (χ3v) is 4.18. The van der Waals surface area contributed by atoms with Crippen molar-refractivity contribution in [2.75, 3.05) is 11.3 Å². The maximum atomic E-state index is 12.2. The van der Waals surface area contributed by atoms with Crippen LogP contribution < -0.4 is 4.72 Å². The fourth-order valence-electron chi connectivity index (χ4n) is 1.79. The van der Waals surface area contributed by atoms with Gasteiger partial charge in [0.2, 0.25) is 0 Å². The molecular formula is C14H16N2O3S. The molecule has 0 bridgehead atoms. The first kappa shape index (κ1) is 14.5. The van der Waals surface area contributed by atoms with Crippen LogP contribution in [0.3, 0.4) is 0 Å². The van der Waals surface area contributed by atoms with E-state index in [0.29, 0.717) is 12.1 Å². The Morgan fingerprint density at radius 2 is 1.90 bits per heavy atom. The molecule has 0 aliphatic carbocycles. The normalized spacial score (nSPS) is 11.3. The maximum Gasteiger partial charge on any atom is 0.261 e. The van der Waals surface area contributed by atoms with Crippen LogP contribution in [-0.2, 0) is 16.4 Å². The number of anilines is 1. The summed E-state index contributed by atoms with van der Waals surface area (Å²) in [4.78, 5) is 4.20. The van der Waals surface area contributed by atoms with Crippen LogP contribution in [0.2, 0.25) is 0 Å². The minimum atomic E-state index is -3.60. The van der Waals surface area contributed by atoms with Crippen molar-refractivity contribution in [1.29, 1.82) is 0 Å². The SMILES string of the molecule is Cc1cc(NS(=O)(=O)c2ccc(CCO)cc2)ccn1. The lowest BCUT2D eigenvalue weighted by Gasteiger charge is -2.09. The number of aliphatic hydroxyl groups excluding tert-OH is 1. The van der Waals surface area contributed by atoms with Gasteiger partial charge in [-0.2, -0.15) is 0 Å². The summed E-state index contributed by atoms with van der Waals surface area (Å²) < 4.78 is 26.9. The number of nitrogens with zero attached hydrogens (tertiary/aromatic N) is 1. The Balaban J connectivity index is 2.21. The molecule has 0 unspecified atom stereocenters. The van der Waals surface area contributed by atoms with Crippen LogP contribution in [0.4, 0.5) is 5.69 Å². The Hall–Kier alpha value is -1.92. The van der Waals surface area contributed by atoms with E-state index in [0.717, 1.165) is 11.3 Å². The van der Waals surface area contributed by atoms with E-state index in [1.54, 1.807) is 37.4 Å². The Labute approximate surface area is 118 Å². The average molecular weight is 292 g/mol. The van der Waals surface area contributed by atoms with E-state index in [9.17, 15) is 8.42 Å². The molecule has 0 fully saturated rings. The van der Waals surface area contributed by atoms with E-state index in [1.807, 2.05) is 0 Å². The number of hydrogen-bond acceptors (Lipinski definition) is 4. The van der Waals surface area contributed by atoms with Crippen LogP contribution >= 0.6 is 0 Å². The van der Waals surface area contributed by atoms with Gasteiger partial charge in [0, 0.05) is 18.5 Å². The molecule has 0 aliphatic heterocycles. The van der Waals surface area contributed by atoms with Crippen molar-refractivity contribution in [1.82, 2.24) is 4.98 Å². The van der Waals surface area contributed by atoms with E-state index in [4.69, 9.17) is 5.11 Å². The fourth-order valence-corrected chi connectivity index (χ4v) is 2.84. The van der Waals surface area contributed by atoms with Crippen LogP contribution in [0.5, 0.6) is 0 Å². The molecule has 1 heterocycles. The molecule has 106 valence electrons. The van der Waals surface area contributed by atoms with Gasteiger partial charge >= 0.3 is 0 Å². The summed E-state index contributed by atoms with van der Waals surface area (Å²) in [6, 6.07) is 9.72. The Morgan fingerprint density at radius 3 is 2.50 bits per heavy atom. The van der Waals surface area contributed by atoms with Gasteiger partial charge in [0.25, 0.3) is 10.0 Å². The number of benzene rings is 1. The summed E-state index contributed by atoms with van der Waals surface area (Å²) in [6.07, 6.45) is 2.06. The largest absolute Gasteiger partial charge is 0.396 e. The number of pyridine rings is 1. The van der Waals surface area contributed by atoms with Crippen molar-refractivity contribution in [2.24, 2.45) is 0 Å². The van der Waals surface area contributed by atoms with Gasteiger partial charge in [-0.15, -0.1) is 0 Å².